The third-order valence-electron chi connectivity index (χ3n) is 4.41. The van der Waals surface area contributed by atoms with Crippen LogP contribution in [0.25, 0.3) is 6.08 Å². The van der Waals surface area contributed by atoms with Crippen LogP contribution in [0.1, 0.15) is 22.3 Å². The number of carbonyl (C=O) groups excluding carboxylic acids is 3. The molecule has 0 radical (unpaired) electrons. The van der Waals surface area contributed by atoms with Gasteiger partial charge in [0.25, 0.3) is 11.1 Å². The molecule has 1 saturated heterocycles. The maximum absolute atomic E-state index is 12.6. The van der Waals surface area contributed by atoms with Crippen LogP contribution in [0.5, 0.6) is 5.75 Å². The van der Waals surface area contributed by atoms with Gasteiger partial charge in [0.1, 0.15) is 12.3 Å². The molecule has 28 heavy (non-hydrogen) atoms. The molecule has 6 nitrogen and oxygen atoms in total. The highest BCUT2D eigenvalue weighted by Gasteiger charge is 2.36. The summed E-state index contributed by atoms with van der Waals surface area (Å²) >= 11 is 0.800. The van der Waals surface area contributed by atoms with Gasteiger partial charge in [-0.05, 0) is 79.1 Å². The lowest BCUT2D eigenvalue weighted by Crippen LogP contribution is -2.36. The Morgan fingerprint density at radius 3 is 2.39 bits per heavy atom. The second-order valence-corrected chi connectivity index (χ2v) is 7.63. The molecule has 7 heteroatoms. The first-order valence-corrected chi connectivity index (χ1v) is 9.49. The number of nitrogens with zero attached hydrogens (tertiary/aromatic N) is 1. The summed E-state index contributed by atoms with van der Waals surface area (Å²) in [4.78, 5) is 38.3. The van der Waals surface area contributed by atoms with Gasteiger partial charge in [-0.1, -0.05) is 18.2 Å². The summed E-state index contributed by atoms with van der Waals surface area (Å²) < 4.78 is 0. The minimum absolute atomic E-state index is 0.207. The number of phenols is 1. The Morgan fingerprint density at radius 1 is 1.11 bits per heavy atom. The lowest BCUT2D eigenvalue weighted by molar-refractivity contribution is -0.127. The van der Waals surface area contributed by atoms with E-state index in [0.29, 0.717) is 22.4 Å². The molecule has 1 heterocycles. The van der Waals surface area contributed by atoms with Crippen LogP contribution in [0.3, 0.4) is 0 Å². The number of carbonyl (C=O) groups is 3. The van der Waals surface area contributed by atoms with Crippen LogP contribution in [0.2, 0.25) is 0 Å². The molecule has 0 bridgehead atoms. The second kappa shape index (κ2) is 7.90. The molecule has 0 aliphatic carbocycles. The maximum Gasteiger partial charge on any atom is 0.294 e. The summed E-state index contributed by atoms with van der Waals surface area (Å²) in [6, 6.07) is 10.8. The van der Waals surface area contributed by atoms with E-state index >= 15 is 0 Å². The number of nitrogens with one attached hydrogen (secondary N) is 1. The van der Waals surface area contributed by atoms with Crippen LogP contribution in [0, 0.1) is 20.8 Å². The van der Waals surface area contributed by atoms with Gasteiger partial charge >= 0.3 is 0 Å². The van der Waals surface area contributed by atoms with Crippen LogP contribution in [-0.4, -0.2) is 33.6 Å². The number of phenolic OH excluding ortho intramolecular Hbond substituents is 1. The smallest absolute Gasteiger partial charge is 0.294 e. The molecule has 2 N–H and O–H groups in total. The van der Waals surface area contributed by atoms with E-state index < -0.39 is 17.1 Å². The van der Waals surface area contributed by atoms with Crippen LogP contribution in [-0.2, 0) is 9.59 Å². The van der Waals surface area contributed by atoms with Crippen molar-refractivity contribution in [1.82, 2.24) is 4.90 Å². The van der Waals surface area contributed by atoms with Gasteiger partial charge in [-0.25, -0.2) is 0 Å². The van der Waals surface area contributed by atoms with Crippen molar-refractivity contribution < 1.29 is 19.5 Å². The van der Waals surface area contributed by atoms with Crippen molar-refractivity contribution >= 4 is 40.6 Å². The van der Waals surface area contributed by atoms with E-state index in [1.165, 1.54) is 0 Å². The van der Waals surface area contributed by atoms with Crippen LogP contribution in [0.4, 0.5) is 10.5 Å². The van der Waals surface area contributed by atoms with Crippen molar-refractivity contribution in [3.05, 3.63) is 63.6 Å². The standard InChI is InChI=1S/C21H20N2O4S/c1-12-6-4-5-7-16(12)22-18(24)11-23-20(26)17(28-21(23)27)10-15-8-13(2)19(25)14(3)9-15/h4-10,25H,11H2,1-3H3,(H,22,24)/b17-10-. The molecule has 0 atom stereocenters. The van der Waals surface area contributed by atoms with Crippen molar-refractivity contribution in [2.45, 2.75) is 20.8 Å². The Hall–Kier alpha value is -3.06. The normalized spacial score (nSPS) is 15.4. The molecule has 3 rings (SSSR count). The minimum Gasteiger partial charge on any atom is -0.507 e. The summed E-state index contributed by atoms with van der Waals surface area (Å²) in [5.41, 5.74) is 3.61. The average molecular weight is 396 g/mol. The van der Waals surface area contributed by atoms with Gasteiger partial charge in [0.2, 0.25) is 5.91 Å². The number of para-hydroxylation sites is 1. The van der Waals surface area contributed by atoms with Gasteiger partial charge in [-0.15, -0.1) is 0 Å². The Bertz CT molecular complexity index is 990. The molecular weight excluding hydrogens is 376 g/mol. The summed E-state index contributed by atoms with van der Waals surface area (Å²) in [6.07, 6.45) is 1.60. The molecule has 2 aromatic rings. The first kappa shape index (κ1) is 19.7. The van der Waals surface area contributed by atoms with Crippen molar-refractivity contribution in [3.63, 3.8) is 0 Å². The average Bonchev–Trinajstić information content (AvgIpc) is 2.89. The number of anilines is 1. The van der Waals surface area contributed by atoms with E-state index in [4.69, 9.17) is 0 Å². The van der Waals surface area contributed by atoms with Crippen LogP contribution < -0.4 is 5.32 Å². The predicted octanol–water partition coefficient (Wildman–Crippen LogP) is 3.99. The van der Waals surface area contributed by atoms with Gasteiger partial charge in [-0.3, -0.25) is 19.3 Å². The number of thioether (sulfide) groups is 1. The topological polar surface area (TPSA) is 86.7 Å². The van der Waals surface area contributed by atoms with E-state index in [9.17, 15) is 19.5 Å². The molecular formula is C21H20N2O4S. The molecule has 144 valence electrons. The number of aryl methyl sites for hydroxylation is 3. The number of rotatable bonds is 4. The van der Waals surface area contributed by atoms with E-state index in [1.54, 1.807) is 44.2 Å². The fourth-order valence-corrected chi connectivity index (χ4v) is 3.75. The number of hydrogen-bond acceptors (Lipinski definition) is 5. The third-order valence-corrected chi connectivity index (χ3v) is 5.31. The van der Waals surface area contributed by atoms with Gasteiger partial charge in [-0.2, -0.15) is 0 Å². The van der Waals surface area contributed by atoms with Crippen molar-refractivity contribution in [1.29, 1.82) is 0 Å². The predicted molar refractivity (Wildman–Crippen MR) is 110 cm³/mol. The van der Waals surface area contributed by atoms with E-state index in [-0.39, 0.29) is 17.2 Å². The lowest BCUT2D eigenvalue weighted by Gasteiger charge is -2.13. The lowest BCUT2D eigenvalue weighted by atomic mass is 10.1. The van der Waals surface area contributed by atoms with Gasteiger partial charge in [0.05, 0.1) is 4.91 Å². The van der Waals surface area contributed by atoms with Gasteiger partial charge in [0, 0.05) is 5.69 Å². The zero-order valence-corrected chi connectivity index (χ0v) is 16.6. The SMILES string of the molecule is Cc1ccccc1NC(=O)CN1C(=O)S/C(=C\c2cc(C)c(O)c(C)c2)C1=O. The third kappa shape index (κ3) is 4.09. The highest BCUT2D eigenvalue weighted by atomic mass is 32.2. The first-order chi connectivity index (χ1) is 13.3. The molecule has 0 spiro atoms. The highest BCUT2D eigenvalue weighted by Crippen LogP contribution is 2.33. The zero-order chi connectivity index (χ0) is 20.4. The number of aromatic hydroxyl groups is 1. The molecule has 0 aromatic heterocycles. The number of imide groups is 1. The summed E-state index contributed by atoms with van der Waals surface area (Å²) in [5, 5.41) is 12.1. The van der Waals surface area contributed by atoms with Crippen LogP contribution >= 0.6 is 11.8 Å². The van der Waals surface area contributed by atoms with Crippen molar-refractivity contribution in [2.24, 2.45) is 0 Å². The van der Waals surface area contributed by atoms with Crippen molar-refractivity contribution in [3.8, 4) is 5.75 Å². The Labute approximate surface area is 167 Å². The second-order valence-electron chi connectivity index (χ2n) is 6.63. The molecule has 2 aromatic carbocycles. The molecule has 1 aliphatic heterocycles. The minimum atomic E-state index is -0.502. The maximum atomic E-state index is 12.6. The summed E-state index contributed by atoms with van der Waals surface area (Å²) in [7, 11) is 0. The number of benzene rings is 2. The van der Waals surface area contributed by atoms with Gasteiger partial charge < -0.3 is 10.4 Å². The van der Waals surface area contributed by atoms with Crippen LogP contribution in [0.15, 0.2) is 41.3 Å². The Balaban J connectivity index is 1.75. The van der Waals surface area contributed by atoms with E-state index in [1.807, 2.05) is 19.1 Å². The molecule has 0 unspecified atom stereocenters. The molecule has 0 saturated carbocycles. The fourth-order valence-electron chi connectivity index (χ4n) is 2.91. The molecule has 1 aliphatic rings. The van der Waals surface area contributed by atoms with Gasteiger partial charge in [0.15, 0.2) is 0 Å². The Morgan fingerprint density at radius 2 is 1.75 bits per heavy atom. The van der Waals surface area contributed by atoms with E-state index in [2.05, 4.69) is 5.32 Å². The van der Waals surface area contributed by atoms with Crippen molar-refractivity contribution in [2.75, 3.05) is 11.9 Å². The quantitative estimate of drug-likeness (QED) is 0.763. The fraction of sp³-hybridized carbons (Fsp3) is 0.190. The number of hydrogen-bond donors (Lipinski definition) is 2. The van der Waals surface area contributed by atoms with E-state index in [0.717, 1.165) is 22.2 Å². The highest BCUT2D eigenvalue weighted by molar-refractivity contribution is 8.18. The Kier molecular flexibility index (Phi) is 5.56. The monoisotopic (exact) mass is 396 g/mol. The molecule has 1 fully saturated rings. The first-order valence-electron chi connectivity index (χ1n) is 8.67. The largest absolute Gasteiger partial charge is 0.507 e. The number of amides is 3. The molecule has 3 amide bonds. The summed E-state index contributed by atoms with van der Waals surface area (Å²) in [6.45, 7) is 5.05. The zero-order valence-electron chi connectivity index (χ0n) is 15.8. The summed E-state index contributed by atoms with van der Waals surface area (Å²) in [5.74, 6) is -0.731.